The molecule has 0 spiro atoms. The van der Waals surface area contributed by atoms with Crippen LogP contribution in [0.25, 0.3) is 0 Å². The Bertz CT molecular complexity index is 571. The molecular formula is C15H19N3O2S. The summed E-state index contributed by atoms with van der Waals surface area (Å²) in [4.78, 5) is 15.6. The van der Waals surface area contributed by atoms with Crippen molar-refractivity contribution in [3.05, 3.63) is 48.0 Å². The zero-order valence-corrected chi connectivity index (χ0v) is 12.8. The molecule has 0 aliphatic rings. The summed E-state index contributed by atoms with van der Waals surface area (Å²) in [5, 5.41) is 13.1. The van der Waals surface area contributed by atoms with Gasteiger partial charge in [0.1, 0.15) is 17.4 Å². The fraction of sp³-hybridized carbons (Fsp3) is 0.400. The lowest BCUT2D eigenvalue weighted by Gasteiger charge is -2.12. The maximum Gasteiger partial charge on any atom is 0.316 e. The van der Waals surface area contributed by atoms with Crippen molar-refractivity contribution in [3.63, 3.8) is 0 Å². The van der Waals surface area contributed by atoms with E-state index in [1.165, 1.54) is 18.1 Å². The van der Waals surface area contributed by atoms with Gasteiger partial charge in [0.25, 0.3) is 0 Å². The summed E-state index contributed by atoms with van der Waals surface area (Å²) < 4.78 is 1.84. The van der Waals surface area contributed by atoms with Crippen LogP contribution in [0.1, 0.15) is 24.7 Å². The van der Waals surface area contributed by atoms with Gasteiger partial charge >= 0.3 is 5.97 Å². The van der Waals surface area contributed by atoms with E-state index >= 15 is 0 Å². The molecule has 1 N–H and O–H groups in total. The Morgan fingerprint density at radius 1 is 1.38 bits per heavy atom. The van der Waals surface area contributed by atoms with Crippen LogP contribution >= 0.6 is 11.8 Å². The lowest BCUT2D eigenvalue weighted by Crippen LogP contribution is -2.20. The van der Waals surface area contributed by atoms with E-state index in [1.807, 2.05) is 35.0 Å². The topological polar surface area (TPSA) is 68.0 Å². The van der Waals surface area contributed by atoms with Crippen LogP contribution < -0.4 is 0 Å². The van der Waals surface area contributed by atoms with Gasteiger partial charge in [0.05, 0.1) is 5.75 Å². The third kappa shape index (κ3) is 4.60. The largest absolute Gasteiger partial charge is 0.480 e. The molecule has 0 saturated heterocycles. The second-order valence-corrected chi connectivity index (χ2v) is 5.92. The summed E-state index contributed by atoms with van der Waals surface area (Å²) >= 11 is 1.40. The molecule has 0 saturated carbocycles. The SMILES string of the molecule is CCCn1ncnc1CSC(Cc1ccccc1)C(=O)O. The molecule has 2 rings (SSSR count). The Morgan fingerprint density at radius 3 is 2.81 bits per heavy atom. The van der Waals surface area contributed by atoms with Gasteiger partial charge in [-0.3, -0.25) is 4.79 Å². The van der Waals surface area contributed by atoms with Gasteiger partial charge in [0.15, 0.2) is 0 Å². The van der Waals surface area contributed by atoms with Crippen molar-refractivity contribution >= 4 is 17.7 Å². The molecule has 112 valence electrons. The van der Waals surface area contributed by atoms with Crippen LogP contribution in [0.15, 0.2) is 36.7 Å². The van der Waals surface area contributed by atoms with Crippen LogP contribution in [0.2, 0.25) is 0 Å². The van der Waals surface area contributed by atoms with Gasteiger partial charge in [-0.1, -0.05) is 37.3 Å². The molecule has 5 nitrogen and oxygen atoms in total. The number of carbonyl (C=O) groups is 1. The molecule has 0 aliphatic heterocycles. The number of rotatable bonds is 8. The number of nitrogens with zero attached hydrogens (tertiary/aromatic N) is 3. The first-order chi connectivity index (χ1) is 10.2. The summed E-state index contributed by atoms with van der Waals surface area (Å²) in [7, 11) is 0. The molecular weight excluding hydrogens is 286 g/mol. The third-order valence-corrected chi connectivity index (χ3v) is 4.28. The molecule has 0 radical (unpaired) electrons. The monoisotopic (exact) mass is 305 g/mol. The normalized spacial score (nSPS) is 12.2. The van der Waals surface area contributed by atoms with Crippen molar-refractivity contribution in [2.24, 2.45) is 0 Å². The van der Waals surface area contributed by atoms with Crippen molar-refractivity contribution in [2.45, 2.75) is 37.3 Å². The molecule has 1 unspecified atom stereocenters. The molecule has 21 heavy (non-hydrogen) atoms. The summed E-state index contributed by atoms with van der Waals surface area (Å²) in [5.41, 5.74) is 1.03. The van der Waals surface area contributed by atoms with E-state index in [0.29, 0.717) is 12.2 Å². The number of carboxylic acids is 1. The van der Waals surface area contributed by atoms with Crippen LogP contribution in [-0.4, -0.2) is 31.1 Å². The van der Waals surface area contributed by atoms with Crippen LogP contribution in [0.5, 0.6) is 0 Å². The number of hydrogen-bond donors (Lipinski definition) is 1. The number of carboxylic acid groups (broad SMARTS) is 1. The van der Waals surface area contributed by atoms with E-state index in [-0.39, 0.29) is 0 Å². The Labute approximate surface area is 128 Å². The van der Waals surface area contributed by atoms with Gasteiger partial charge in [-0.15, -0.1) is 11.8 Å². The van der Waals surface area contributed by atoms with E-state index in [9.17, 15) is 9.90 Å². The first-order valence-electron chi connectivity index (χ1n) is 6.95. The highest BCUT2D eigenvalue weighted by atomic mass is 32.2. The molecule has 1 aromatic carbocycles. The quantitative estimate of drug-likeness (QED) is 0.812. The standard InChI is InChI=1S/C15H19N3O2S/c1-2-8-18-14(16-11-17-18)10-21-13(15(19)20)9-12-6-4-3-5-7-12/h3-7,11,13H,2,8-10H2,1H3,(H,19,20). The summed E-state index contributed by atoms with van der Waals surface area (Å²) in [6, 6.07) is 9.69. The summed E-state index contributed by atoms with van der Waals surface area (Å²) in [5.74, 6) is 0.607. The average Bonchev–Trinajstić information content (AvgIpc) is 2.92. The number of aliphatic carboxylic acids is 1. The Morgan fingerprint density at radius 2 is 2.14 bits per heavy atom. The molecule has 0 amide bonds. The number of aryl methyl sites for hydroxylation is 1. The predicted octanol–water partition coefficient (Wildman–Crippen LogP) is 2.62. The van der Waals surface area contributed by atoms with E-state index in [4.69, 9.17) is 0 Å². The molecule has 1 atom stereocenters. The maximum atomic E-state index is 11.4. The van der Waals surface area contributed by atoms with Crippen LogP contribution in [0.3, 0.4) is 0 Å². The fourth-order valence-corrected chi connectivity index (χ4v) is 3.05. The molecule has 0 bridgehead atoms. The lowest BCUT2D eigenvalue weighted by atomic mass is 10.1. The number of hydrogen-bond acceptors (Lipinski definition) is 4. The predicted molar refractivity (Wildman–Crippen MR) is 83.2 cm³/mol. The highest BCUT2D eigenvalue weighted by Crippen LogP contribution is 2.21. The van der Waals surface area contributed by atoms with Gasteiger partial charge in [-0.05, 0) is 18.4 Å². The number of benzene rings is 1. The Kier molecular flexibility index (Phi) is 5.80. The van der Waals surface area contributed by atoms with Gasteiger partial charge < -0.3 is 5.11 Å². The first kappa shape index (κ1) is 15.6. The van der Waals surface area contributed by atoms with Crippen molar-refractivity contribution in [2.75, 3.05) is 0 Å². The van der Waals surface area contributed by atoms with Crippen molar-refractivity contribution in [1.29, 1.82) is 0 Å². The average molecular weight is 305 g/mol. The van der Waals surface area contributed by atoms with E-state index < -0.39 is 11.2 Å². The van der Waals surface area contributed by atoms with Gasteiger partial charge in [0, 0.05) is 6.54 Å². The van der Waals surface area contributed by atoms with Crippen molar-refractivity contribution in [1.82, 2.24) is 14.8 Å². The van der Waals surface area contributed by atoms with E-state index in [0.717, 1.165) is 24.4 Å². The molecule has 0 aliphatic carbocycles. The second kappa shape index (κ2) is 7.83. The zero-order valence-electron chi connectivity index (χ0n) is 12.0. The minimum Gasteiger partial charge on any atom is -0.480 e. The van der Waals surface area contributed by atoms with Gasteiger partial charge in [-0.25, -0.2) is 9.67 Å². The molecule has 2 aromatic rings. The van der Waals surface area contributed by atoms with Crippen LogP contribution in [0, 0.1) is 0 Å². The van der Waals surface area contributed by atoms with Crippen LogP contribution in [-0.2, 0) is 23.5 Å². The van der Waals surface area contributed by atoms with Gasteiger partial charge in [-0.2, -0.15) is 5.10 Å². The third-order valence-electron chi connectivity index (χ3n) is 3.08. The van der Waals surface area contributed by atoms with Crippen molar-refractivity contribution < 1.29 is 9.90 Å². The summed E-state index contributed by atoms with van der Waals surface area (Å²) in [6.45, 7) is 2.89. The minimum atomic E-state index is -0.787. The lowest BCUT2D eigenvalue weighted by molar-refractivity contribution is -0.136. The minimum absolute atomic E-state index is 0.473. The van der Waals surface area contributed by atoms with Gasteiger partial charge in [0.2, 0.25) is 0 Å². The van der Waals surface area contributed by atoms with E-state index in [1.54, 1.807) is 0 Å². The molecule has 1 aromatic heterocycles. The Hall–Kier alpha value is -1.82. The second-order valence-electron chi connectivity index (χ2n) is 4.73. The molecule has 6 heteroatoms. The van der Waals surface area contributed by atoms with Crippen LogP contribution in [0.4, 0.5) is 0 Å². The highest BCUT2D eigenvalue weighted by Gasteiger charge is 2.19. The molecule has 0 fully saturated rings. The molecule has 1 heterocycles. The highest BCUT2D eigenvalue weighted by molar-refractivity contribution is 7.99. The first-order valence-corrected chi connectivity index (χ1v) is 8.00. The Balaban J connectivity index is 1.97. The number of aromatic nitrogens is 3. The number of thioether (sulfide) groups is 1. The maximum absolute atomic E-state index is 11.4. The van der Waals surface area contributed by atoms with Crippen molar-refractivity contribution in [3.8, 4) is 0 Å². The smallest absolute Gasteiger partial charge is 0.316 e. The zero-order chi connectivity index (χ0) is 15.1. The fourth-order valence-electron chi connectivity index (χ4n) is 2.02. The van der Waals surface area contributed by atoms with E-state index in [2.05, 4.69) is 17.0 Å². The summed E-state index contributed by atoms with van der Waals surface area (Å²) in [6.07, 6.45) is 3.02.